The Kier molecular flexibility index (Phi) is 2.40. The SMILES string of the molecule is O=C(Cn1cccc1)N1Cc2cccnc2C1. The van der Waals surface area contributed by atoms with Gasteiger partial charge in [0.1, 0.15) is 6.54 Å². The number of nitrogens with zero attached hydrogens (tertiary/aromatic N) is 3. The van der Waals surface area contributed by atoms with Crippen LogP contribution in [0.3, 0.4) is 0 Å². The number of hydrogen-bond donors (Lipinski definition) is 0. The van der Waals surface area contributed by atoms with E-state index in [1.165, 1.54) is 0 Å². The standard InChI is InChI=1S/C13H13N3O/c17-13(10-15-6-1-2-7-15)16-8-11-4-3-5-14-12(11)9-16/h1-7H,8-10H2. The van der Waals surface area contributed by atoms with Gasteiger partial charge in [0.15, 0.2) is 0 Å². The summed E-state index contributed by atoms with van der Waals surface area (Å²) in [6, 6.07) is 7.80. The molecule has 2 aromatic rings. The van der Waals surface area contributed by atoms with E-state index >= 15 is 0 Å². The maximum Gasteiger partial charge on any atom is 0.243 e. The van der Waals surface area contributed by atoms with Crippen LogP contribution in [0.15, 0.2) is 42.9 Å². The van der Waals surface area contributed by atoms with Gasteiger partial charge in [-0.1, -0.05) is 6.07 Å². The number of pyridine rings is 1. The van der Waals surface area contributed by atoms with Crippen LogP contribution in [0.2, 0.25) is 0 Å². The fourth-order valence-electron chi connectivity index (χ4n) is 2.11. The largest absolute Gasteiger partial charge is 0.345 e. The van der Waals surface area contributed by atoms with Crippen molar-refractivity contribution in [2.45, 2.75) is 19.6 Å². The molecule has 0 saturated heterocycles. The van der Waals surface area contributed by atoms with Gasteiger partial charge in [-0.3, -0.25) is 9.78 Å². The smallest absolute Gasteiger partial charge is 0.243 e. The van der Waals surface area contributed by atoms with Crippen molar-refractivity contribution in [3.8, 4) is 0 Å². The van der Waals surface area contributed by atoms with Gasteiger partial charge >= 0.3 is 0 Å². The van der Waals surface area contributed by atoms with E-state index in [1.54, 1.807) is 6.20 Å². The molecule has 0 saturated carbocycles. The summed E-state index contributed by atoms with van der Waals surface area (Å²) < 4.78 is 1.89. The molecule has 86 valence electrons. The topological polar surface area (TPSA) is 38.1 Å². The quantitative estimate of drug-likeness (QED) is 0.778. The van der Waals surface area contributed by atoms with Crippen molar-refractivity contribution < 1.29 is 4.79 Å². The summed E-state index contributed by atoms with van der Waals surface area (Å²) >= 11 is 0. The first-order valence-corrected chi connectivity index (χ1v) is 5.64. The Balaban J connectivity index is 1.70. The van der Waals surface area contributed by atoms with E-state index in [2.05, 4.69) is 4.98 Å². The number of hydrogen-bond acceptors (Lipinski definition) is 2. The monoisotopic (exact) mass is 227 g/mol. The van der Waals surface area contributed by atoms with Crippen LogP contribution in [0.25, 0.3) is 0 Å². The Morgan fingerprint density at radius 1 is 1.24 bits per heavy atom. The lowest BCUT2D eigenvalue weighted by atomic mass is 10.2. The molecular formula is C13H13N3O. The molecule has 0 N–H and O–H groups in total. The summed E-state index contributed by atoms with van der Waals surface area (Å²) in [4.78, 5) is 18.2. The van der Waals surface area contributed by atoms with E-state index in [0.717, 1.165) is 11.3 Å². The predicted molar refractivity (Wildman–Crippen MR) is 62.9 cm³/mol. The third-order valence-corrected chi connectivity index (χ3v) is 3.02. The van der Waals surface area contributed by atoms with Gasteiger partial charge in [-0.05, 0) is 23.8 Å². The summed E-state index contributed by atoms with van der Waals surface area (Å²) in [6.45, 7) is 1.72. The van der Waals surface area contributed by atoms with E-state index in [4.69, 9.17) is 0 Å². The molecule has 0 bridgehead atoms. The fraction of sp³-hybridized carbons (Fsp3) is 0.231. The van der Waals surface area contributed by atoms with Crippen LogP contribution in [0.1, 0.15) is 11.3 Å². The van der Waals surface area contributed by atoms with Gasteiger partial charge in [0, 0.05) is 25.1 Å². The normalized spacial score (nSPS) is 13.8. The van der Waals surface area contributed by atoms with E-state index in [9.17, 15) is 4.79 Å². The number of amides is 1. The third kappa shape index (κ3) is 1.93. The maximum absolute atomic E-state index is 12.1. The highest BCUT2D eigenvalue weighted by Crippen LogP contribution is 2.20. The molecule has 0 fully saturated rings. The molecule has 17 heavy (non-hydrogen) atoms. The maximum atomic E-state index is 12.1. The molecule has 3 heterocycles. The van der Waals surface area contributed by atoms with Gasteiger partial charge in [-0.15, -0.1) is 0 Å². The average molecular weight is 227 g/mol. The van der Waals surface area contributed by atoms with Crippen LogP contribution in [-0.2, 0) is 24.4 Å². The highest BCUT2D eigenvalue weighted by atomic mass is 16.2. The summed E-state index contributed by atoms with van der Waals surface area (Å²) in [5.41, 5.74) is 2.18. The van der Waals surface area contributed by atoms with E-state index in [1.807, 2.05) is 46.1 Å². The molecule has 0 atom stereocenters. The molecule has 0 aliphatic carbocycles. The average Bonchev–Trinajstić information content (AvgIpc) is 2.96. The van der Waals surface area contributed by atoms with Gasteiger partial charge in [0.05, 0.1) is 12.2 Å². The highest BCUT2D eigenvalue weighted by molar-refractivity contribution is 5.76. The molecule has 4 nitrogen and oxygen atoms in total. The second-order valence-corrected chi connectivity index (χ2v) is 4.21. The van der Waals surface area contributed by atoms with Crippen molar-refractivity contribution >= 4 is 5.91 Å². The van der Waals surface area contributed by atoms with Gasteiger partial charge in [0.2, 0.25) is 5.91 Å². The molecule has 3 rings (SSSR count). The van der Waals surface area contributed by atoms with Crippen molar-refractivity contribution in [1.82, 2.24) is 14.5 Å². The Morgan fingerprint density at radius 2 is 2.06 bits per heavy atom. The molecule has 0 aromatic carbocycles. The van der Waals surface area contributed by atoms with Gasteiger partial charge in [0.25, 0.3) is 0 Å². The fourth-order valence-corrected chi connectivity index (χ4v) is 2.11. The van der Waals surface area contributed by atoms with Crippen molar-refractivity contribution in [2.75, 3.05) is 0 Å². The van der Waals surface area contributed by atoms with Crippen LogP contribution >= 0.6 is 0 Å². The zero-order valence-corrected chi connectivity index (χ0v) is 9.41. The van der Waals surface area contributed by atoms with Gasteiger partial charge < -0.3 is 9.47 Å². The van der Waals surface area contributed by atoms with Gasteiger partial charge in [-0.2, -0.15) is 0 Å². The number of aromatic nitrogens is 2. The number of carbonyl (C=O) groups is 1. The predicted octanol–water partition coefficient (Wildman–Crippen LogP) is 1.43. The Bertz CT molecular complexity index is 508. The van der Waals surface area contributed by atoms with Crippen molar-refractivity contribution in [3.05, 3.63) is 54.1 Å². The van der Waals surface area contributed by atoms with Crippen molar-refractivity contribution in [2.24, 2.45) is 0 Å². The molecule has 2 aromatic heterocycles. The molecule has 4 heteroatoms. The van der Waals surface area contributed by atoms with Gasteiger partial charge in [-0.25, -0.2) is 0 Å². The summed E-state index contributed by atoms with van der Waals surface area (Å²) in [7, 11) is 0. The minimum absolute atomic E-state index is 0.138. The van der Waals surface area contributed by atoms with Crippen LogP contribution < -0.4 is 0 Å². The first kappa shape index (κ1) is 10.1. The lowest BCUT2D eigenvalue weighted by Gasteiger charge is -2.15. The van der Waals surface area contributed by atoms with E-state index in [0.29, 0.717) is 19.6 Å². The number of fused-ring (bicyclic) bond motifs is 1. The Hall–Kier alpha value is -2.10. The van der Waals surface area contributed by atoms with Crippen LogP contribution in [0.4, 0.5) is 0 Å². The number of rotatable bonds is 2. The molecule has 0 unspecified atom stereocenters. The van der Waals surface area contributed by atoms with Crippen molar-refractivity contribution in [1.29, 1.82) is 0 Å². The molecular weight excluding hydrogens is 214 g/mol. The summed E-state index contributed by atoms with van der Waals surface area (Å²) in [6.07, 6.45) is 5.58. The zero-order valence-electron chi connectivity index (χ0n) is 9.41. The molecule has 1 amide bonds. The lowest BCUT2D eigenvalue weighted by Crippen LogP contribution is -2.28. The van der Waals surface area contributed by atoms with Crippen LogP contribution in [0, 0.1) is 0 Å². The molecule has 0 radical (unpaired) electrons. The lowest BCUT2D eigenvalue weighted by molar-refractivity contribution is -0.132. The van der Waals surface area contributed by atoms with Crippen LogP contribution in [0.5, 0.6) is 0 Å². The Labute approximate surface area is 99.5 Å². The third-order valence-electron chi connectivity index (χ3n) is 3.02. The van der Waals surface area contributed by atoms with E-state index < -0.39 is 0 Å². The first-order valence-electron chi connectivity index (χ1n) is 5.64. The second kappa shape index (κ2) is 4.05. The van der Waals surface area contributed by atoms with Crippen LogP contribution in [-0.4, -0.2) is 20.4 Å². The summed E-state index contributed by atoms with van der Waals surface area (Å²) in [5, 5.41) is 0. The minimum Gasteiger partial charge on any atom is -0.345 e. The molecule has 1 aliphatic rings. The summed E-state index contributed by atoms with van der Waals surface area (Å²) in [5.74, 6) is 0.138. The number of carbonyl (C=O) groups excluding carboxylic acids is 1. The molecule has 1 aliphatic heterocycles. The first-order chi connectivity index (χ1) is 8.33. The highest BCUT2D eigenvalue weighted by Gasteiger charge is 2.23. The van der Waals surface area contributed by atoms with Crippen molar-refractivity contribution in [3.63, 3.8) is 0 Å². The Morgan fingerprint density at radius 3 is 2.82 bits per heavy atom. The van der Waals surface area contributed by atoms with E-state index in [-0.39, 0.29) is 5.91 Å². The second-order valence-electron chi connectivity index (χ2n) is 4.21. The molecule has 0 spiro atoms. The minimum atomic E-state index is 0.138. The zero-order chi connectivity index (χ0) is 11.7.